The summed E-state index contributed by atoms with van der Waals surface area (Å²) >= 11 is 0. The van der Waals surface area contributed by atoms with Crippen LogP contribution in [0.15, 0.2) is 0 Å². The summed E-state index contributed by atoms with van der Waals surface area (Å²) < 4.78 is 0. The maximum atomic E-state index is 3.83. The second kappa shape index (κ2) is 4.33. The topological polar surface area (TPSA) is 12.0 Å². The monoisotopic (exact) mass is 221 g/mol. The van der Waals surface area contributed by atoms with Crippen LogP contribution in [0.1, 0.15) is 64.7 Å². The van der Waals surface area contributed by atoms with Crippen LogP contribution in [0.5, 0.6) is 0 Å². The molecule has 1 atom stereocenters. The van der Waals surface area contributed by atoms with Gasteiger partial charge in [-0.05, 0) is 56.3 Å². The van der Waals surface area contributed by atoms with Crippen molar-refractivity contribution in [3.63, 3.8) is 0 Å². The van der Waals surface area contributed by atoms with Crippen LogP contribution < -0.4 is 5.32 Å². The Balaban J connectivity index is 1.37. The zero-order valence-electron chi connectivity index (χ0n) is 10.8. The Hall–Kier alpha value is -0.0400. The summed E-state index contributed by atoms with van der Waals surface area (Å²) in [5, 5.41) is 3.83. The fourth-order valence-corrected chi connectivity index (χ4v) is 3.79. The first-order valence-electron chi connectivity index (χ1n) is 7.52. The average Bonchev–Trinajstić information content (AvgIpc) is 3.16. The smallest absolute Gasteiger partial charge is 0.00415 e. The summed E-state index contributed by atoms with van der Waals surface area (Å²) in [7, 11) is 0. The van der Waals surface area contributed by atoms with Gasteiger partial charge < -0.3 is 5.32 Å². The molecule has 1 nitrogen and oxygen atoms in total. The molecule has 1 N–H and O–H groups in total. The lowest BCUT2D eigenvalue weighted by Gasteiger charge is -2.22. The predicted molar refractivity (Wildman–Crippen MR) is 68.4 cm³/mol. The van der Waals surface area contributed by atoms with E-state index in [0.717, 1.165) is 23.3 Å². The number of hydrogen-bond donors (Lipinski definition) is 1. The Bertz CT molecular complexity index is 234. The fraction of sp³-hybridized carbons (Fsp3) is 1.00. The summed E-state index contributed by atoms with van der Waals surface area (Å²) in [6.45, 7) is 3.73. The normalized spacial score (nSPS) is 30.6. The Labute approximate surface area is 100 Å². The highest BCUT2D eigenvalue weighted by atomic mass is 14.9. The van der Waals surface area contributed by atoms with Crippen LogP contribution in [0.25, 0.3) is 0 Å². The Morgan fingerprint density at radius 3 is 2.38 bits per heavy atom. The van der Waals surface area contributed by atoms with Gasteiger partial charge in [0.2, 0.25) is 0 Å². The van der Waals surface area contributed by atoms with Gasteiger partial charge in [0, 0.05) is 12.6 Å². The van der Waals surface area contributed by atoms with E-state index in [1.807, 2.05) is 0 Å². The summed E-state index contributed by atoms with van der Waals surface area (Å²) in [5.74, 6) is 2.15. The minimum atomic E-state index is 0.763. The molecule has 0 heterocycles. The van der Waals surface area contributed by atoms with E-state index in [0.29, 0.717) is 0 Å². The highest BCUT2D eigenvalue weighted by Gasteiger charge is 2.53. The molecular weight excluding hydrogens is 194 g/mol. The van der Waals surface area contributed by atoms with Crippen LogP contribution in [0.4, 0.5) is 0 Å². The van der Waals surface area contributed by atoms with E-state index in [-0.39, 0.29) is 0 Å². The summed E-state index contributed by atoms with van der Waals surface area (Å²) in [5.41, 5.74) is 0.782. The molecule has 0 aliphatic heterocycles. The number of hydrogen-bond acceptors (Lipinski definition) is 1. The molecule has 3 aliphatic carbocycles. The van der Waals surface area contributed by atoms with Crippen molar-refractivity contribution < 1.29 is 0 Å². The zero-order valence-corrected chi connectivity index (χ0v) is 10.8. The second-order valence-corrected chi connectivity index (χ2v) is 6.80. The van der Waals surface area contributed by atoms with Crippen molar-refractivity contribution >= 4 is 0 Å². The van der Waals surface area contributed by atoms with Gasteiger partial charge in [0.25, 0.3) is 0 Å². The molecule has 0 aromatic carbocycles. The Morgan fingerprint density at radius 2 is 1.81 bits per heavy atom. The molecule has 3 saturated carbocycles. The molecule has 3 fully saturated rings. The lowest BCUT2D eigenvalue weighted by atomic mass is 9.97. The van der Waals surface area contributed by atoms with Gasteiger partial charge in [0.1, 0.15) is 0 Å². The van der Waals surface area contributed by atoms with E-state index >= 15 is 0 Å². The largest absolute Gasteiger partial charge is 0.314 e. The third-order valence-corrected chi connectivity index (χ3v) is 5.30. The predicted octanol–water partition coefficient (Wildman–Crippen LogP) is 3.74. The Morgan fingerprint density at radius 1 is 1.12 bits per heavy atom. The summed E-state index contributed by atoms with van der Waals surface area (Å²) in [6, 6.07) is 0.763. The van der Waals surface area contributed by atoms with E-state index in [1.54, 1.807) is 0 Å². The minimum absolute atomic E-state index is 0.763. The molecule has 3 rings (SSSR count). The maximum Gasteiger partial charge on any atom is 0.00415 e. The van der Waals surface area contributed by atoms with Crippen molar-refractivity contribution in [2.45, 2.75) is 70.8 Å². The first-order chi connectivity index (χ1) is 7.78. The zero-order chi connectivity index (χ0) is 11.0. The van der Waals surface area contributed by atoms with Crippen LogP contribution >= 0.6 is 0 Å². The second-order valence-electron chi connectivity index (χ2n) is 6.80. The number of rotatable bonds is 6. The molecule has 3 aliphatic rings. The quantitative estimate of drug-likeness (QED) is 0.720. The number of nitrogens with one attached hydrogen (secondary N) is 1. The van der Waals surface area contributed by atoms with Gasteiger partial charge in [-0.2, -0.15) is 0 Å². The molecule has 1 heteroatoms. The van der Waals surface area contributed by atoms with Gasteiger partial charge >= 0.3 is 0 Å². The van der Waals surface area contributed by atoms with Crippen molar-refractivity contribution in [3.8, 4) is 0 Å². The van der Waals surface area contributed by atoms with Crippen molar-refractivity contribution in [2.75, 3.05) is 6.54 Å². The third-order valence-electron chi connectivity index (χ3n) is 5.30. The Kier molecular flexibility index (Phi) is 2.99. The molecular formula is C15H27N. The van der Waals surface area contributed by atoms with E-state index in [4.69, 9.17) is 0 Å². The molecule has 0 saturated heterocycles. The fourth-order valence-electron chi connectivity index (χ4n) is 3.79. The average molecular weight is 221 g/mol. The van der Waals surface area contributed by atoms with Crippen LogP contribution in [-0.2, 0) is 0 Å². The van der Waals surface area contributed by atoms with Gasteiger partial charge in [-0.1, -0.05) is 25.7 Å². The lowest BCUT2D eigenvalue weighted by Crippen LogP contribution is -2.34. The lowest BCUT2D eigenvalue weighted by molar-refractivity contribution is 0.343. The van der Waals surface area contributed by atoms with Crippen molar-refractivity contribution in [1.82, 2.24) is 5.32 Å². The van der Waals surface area contributed by atoms with Gasteiger partial charge in [0.05, 0.1) is 0 Å². The molecule has 0 aromatic rings. The van der Waals surface area contributed by atoms with Crippen molar-refractivity contribution in [2.24, 2.45) is 17.3 Å². The molecule has 92 valence electrons. The SMILES string of the molecule is CC(CC1CCCC1)NCC1(C2CC2)CC1. The molecule has 0 spiro atoms. The van der Waals surface area contributed by atoms with E-state index in [1.165, 1.54) is 64.3 Å². The van der Waals surface area contributed by atoms with Crippen LogP contribution in [0, 0.1) is 17.3 Å². The van der Waals surface area contributed by atoms with Gasteiger partial charge in [-0.25, -0.2) is 0 Å². The molecule has 0 amide bonds. The molecule has 0 aromatic heterocycles. The minimum Gasteiger partial charge on any atom is -0.314 e. The van der Waals surface area contributed by atoms with Crippen LogP contribution in [0.3, 0.4) is 0 Å². The summed E-state index contributed by atoms with van der Waals surface area (Å²) in [6.07, 6.45) is 13.5. The van der Waals surface area contributed by atoms with E-state index in [9.17, 15) is 0 Å². The molecule has 1 unspecified atom stereocenters. The van der Waals surface area contributed by atoms with Gasteiger partial charge in [-0.3, -0.25) is 0 Å². The first-order valence-corrected chi connectivity index (χ1v) is 7.52. The van der Waals surface area contributed by atoms with E-state index in [2.05, 4.69) is 12.2 Å². The molecule has 0 radical (unpaired) electrons. The molecule has 0 bridgehead atoms. The molecule has 16 heavy (non-hydrogen) atoms. The highest BCUT2D eigenvalue weighted by molar-refractivity contribution is 5.05. The van der Waals surface area contributed by atoms with Crippen LogP contribution in [0.2, 0.25) is 0 Å². The van der Waals surface area contributed by atoms with E-state index < -0.39 is 0 Å². The van der Waals surface area contributed by atoms with Crippen molar-refractivity contribution in [3.05, 3.63) is 0 Å². The maximum absolute atomic E-state index is 3.83. The third kappa shape index (κ3) is 2.45. The highest BCUT2D eigenvalue weighted by Crippen LogP contribution is 2.60. The standard InChI is InChI=1S/C15H27N/c1-12(10-13-4-2-3-5-13)16-11-15(8-9-15)14-6-7-14/h12-14,16H,2-11H2,1H3. The summed E-state index contributed by atoms with van der Waals surface area (Å²) in [4.78, 5) is 0. The van der Waals surface area contributed by atoms with Gasteiger partial charge in [0.15, 0.2) is 0 Å². The first kappa shape index (κ1) is 11.1. The van der Waals surface area contributed by atoms with Crippen LogP contribution in [-0.4, -0.2) is 12.6 Å². The van der Waals surface area contributed by atoms with Gasteiger partial charge in [-0.15, -0.1) is 0 Å². The van der Waals surface area contributed by atoms with Crippen molar-refractivity contribution in [1.29, 1.82) is 0 Å².